The van der Waals surface area contributed by atoms with Gasteiger partial charge in [-0.15, -0.1) is 0 Å². The van der Waals surface area contributed by atoms with Crippen LogP contribution >= 0.6 is 0 Å². The van der Waals surface area contributed by atoms with Crippen LogP contribution in [-0.2, 0) is 11.0 Å². The smallest absolute Gasteiger partial charge is 0.162 e. The van der Waals surface area contributed by atoms with Crippen molar-refractivity contribution in [1.29, 1.82) is 0 Å². The number of ether oxygens (including phenoxy) is 1. The van der Waals surface area contributed by atoms with Gasteiger partial charge in [-0.3, -0.25) is 5.14 Å². The summed E-state index contributed by atoms with van der Waals surface area (Å²) in [6, 6.07) is 2.14. The minimum Gasteiger partial charge on any atom is -0.493 e. The molecule has 0 radical (unpaired) electrons. The van der Waals surface area contributed by atoms with Gasteiger partial charge < -0.3 is 4.74 Å². The van der Waals surface area contributed by atoms with E-state index in [1.165, 1.54) is 0 Å². The molecule has 17 heavy (non-hydrogen) atoms. The normalized spacial score (nSPS) is 24.9. The van der Waals surface area contributed by atoms with Gasteiger partial charge in [-0.2, -0.15) is 0 Å². The monoisotopic (exact) mass is 261 g/mol. The minimum atomic E-state index is -1.47. The third kappa shape index (κ3) is 2.47. The molecule has 1 aliphatic heterocycles. The topological polar surface area (TPSA) is 52.3 Å². The highest BCUT2D eigenvalue weighted by molar-refractivity contribution is 7.82. The van der Waals surface area contributed by atoms with Gasteiger partial charge in [0.25, 0.3) is 0 Å². The molecule has 0 aliphatic carbocycles. The Kier molecular flexibility index (Phi) is 3.44. The Morgan fingerprint density at radius 1 is 1.47 bits per heavy atom. The maximum Gasteiger partial charge on any atom is 0.162 e. The first-order chi connectivity index (χ1) is 7.99. The van der Waals surface area contributed by atoms with Crippen molar-refractivity contribution in [2.75, 3.05) is 12.4 Å². The molecule has 2 N–H and O–H groups in total. The molecule has 0 bridgehead atoms. The number of fused-ring (bicyclic) bond motifs is 1. The van der Waals surface area contributed by atoms with Crippen molar-refractivity contribution in [3.63, 3.8) is 0 Å². The van der Waals surface area contributed by atoms with Gasteiger partial charge in [0.1, 0.15) is 5.75 Å². The lowest BCUT2D eigenvalue weighted by molar-refractivity contribution is 0.210. The first-order valence-corrected chi connectivity index (χ1v) is 6.61. The lowest BCUT2D eigenvalue weighted by Crippen LogP contribution is -2.29. The Morgan fingerprint density at radius 2 is 2.12 bits per heavy atom. The fraction of sp³-hybridized carbons (Fsp3) is 0.455. The van der Waals surface area contributed by atoms with Gasteiger partial charge in [0.05, 0.1) is 17.6 Å². The van der Waals surface area contributed by atoms with E-state index >= 15 is 0 Å². The molecule has 0 saturated heterocycles. The van der Waals surface area contributed by atoms with E-state index in [1.807, 2.05) is 6.92 Å². The Bertz CT molecular complexity index is 467. The molecule has 1 aliphatic rings. The van der Waals surface area contributed by atoms with Crippen LogP contribution in [0, 0.1) is 17.6 Å². The van der Waals surface area contributed by atoms with Crippen molar-refractivity contribution in [3.8, 4) is 5.75 Å². The number of rotatable bonds is 2. The summed E-state index contributed by atoms with van der Waals surface area (Å²) >= 11 is 0. The molecule has 0 saturated carbocycles. The second-order valence-electron chi connectivity index (χ2n) is 4.25. The Labute approximate surface area is 101 Å². The van der Waals surface area contributed by atoms with E-state index in [1.54, 1.807) is 0 Å². The van der Waals surface area contributed by atoms with Crippen molar-refractivity contribution in [3.05, 3.63) is 29.3 Å². The summed E-state index contributed by atoms with van der Waals surface area (Å²) in [5.41, 5.74) is 0.543. The van der Waals surface area contributed by atoms with Gasteiger partial charge in [0.15, 0.2) is 11.6 Å². The number of benzene rings is 1. The van der Waals surface area contributed by atoms with Crippen LogP contribution in [0.25, 0.3) is 0 Å². The van der Waals surface area contributed by atoms with Crippen LogP contribution in [0.1, 0.15) is 18.4 Å². The van der Waals surface area contributed by atoms with E-state index in [4.69, 9.17) is 9.88 Å². The summed E-state index contributed by atoms with van der Waals surface area (Å²) in [6.07, 6.45) is 0. The highest BCUT2D eigenvalue weighted by Crippen LogP contribution is 2.38. The Hall–Kier alpha value is -1.01. The molecular formula is C11H13F2NO2S. The summed E-state index contributed by atoms with van der Waals surface area (Å²) in [7, 11) is -1.47. The zero-order valence-electron chi connectivity index (χ0n) is 9.28. The van der Waals surface area contributed by atoms with Crippen molar-refractivity contribution in [2.45, 2.75) is 12.8 Å². The molecule has 0 aromatic heterocycles. The Morgan fingerprint density at radius 3 is 2.76 bits per heavy atom. The molecule has 2 unspecified atom stereocenters. The average molecular weight is 261 g/mol. The van der Waals surface area contributed by atoms with E-state index in [9.17, 15) is 13.0 Å². The quantitative estimate of drug-likeness (QED) is 0.881. The fourth-order valence-electron chi connectivity index (χ4n) is 2.03. The largest absolute Gasteiger partial charge is 0.493 e. The second kappa shape index (κ2) is 4.70. The molecule has 1 aromatic rings. The minimum absolute atomic E-state index is 0.0693. The van der Waals surface area contributed by atoms with Crippen LogP contribution in [0.4, 0.5) is 8.78 Å². The standard InChI is InChI=1S/C11H13F2NO2S/c1-6-4-16-11-3-10(13)9(12)2-7(11)8(6)5-17(14)15/h2-3,6,8H,4-5,14H2,1H3/t6-,8?,17?/m0/s1. The summed E-state index contributed by atoms with van der Waals surface area (Å²) in [4.78, 5) is 0. The van der Waals surface area contributed by atoms with Gasteiger partial charge in [-0.1, -0.05) is 6.92 Å². The van der Waals surface area contributed by atoms with Crippen LogP contribution in [-0.4, -0.2) is 16.6 Å². The summed E-state index contributed by atoms with van der Waals surface area (Å²) in [6.45, 7) is 2.29. The van der Waals surface area contributed by atoms with E-state index in [0.717, 1.165) is 12.1 Å². The van der Waals surface area contributed by atoms with Crippen molar-refractivity contribution < 1.29 is 17.7 Å². The molecule has 0 amide bonds. The average Bonchev–Trinajstić information content (AvgIpc) is 2.25. The predicted molar refractivity (Wildman–Crippen MR) is 61.0 cm³/mol. The van der Waals surface area contributed by atoms with Gasteiger partial charge in [-0.25, -0.2) is 13.0 Å². The molecule has 0 spiro atoms. The third-order valence-corrected chi connectivity index (χ3v) is 3.67. The SMILES string of the molecule is C[C@H]1COc2cc(F)c(F)cc2C1CS(N)=O. The third-order valence-electron chi connectivity index (χ3n) is 2.98. The van der Waals surface area contributed by atoms with Crippen molar-refractivity contribution in [1.82, 2.24) is 0 Å². The molecule has 6 heteroatoms. The second-order valence-corrected chi connectivity index (χ2v) is 5.34. The first kappa shape index (κ1) is 12.4. The zero-order valence-corrected chi connectivity index (χ0v) is 10.1. The van der Waals surface area contributed by atoms with Crippen LogP contribution < -0.4 is 9.88 Å². The molecule has 3 nitrogen and oxygen atoms in total. The van der Waals surface area contributed by atoms with Crippen LogP contribution in [0.5, 0.6) is 5.75 Å². The van der Waals surface area contributed by atoms with Gasteiger partial charge in [-0.05, 0) is 12.0 Å². The van der Waals surface area contributed by atoms with E-state index in [-0.39, 0.29) is 17.6 Å². The number of nitrogens with two attached hydrogens (primary N) is 1. The highest BCUT2D eigenvalue weighted by Gasteiger charge is 2.30. The highest BCUT2D eigenvalue weighted by atomic mass is 32.2. The molecule has 3 atom stereocenters. The zero-order chi connectivity index (χ0) is 12.6. The lowest BCUT2D eigenvalue weighted by atomic mass is 9.86. The lowest BCUT2D eigenvalue weighted by Gasteiger charge is -2.30. The van der Waals surface area contributed by atoms with E-state index in [0.29, 0.717) is 17.9 Å². The van der Waals surface area contributed by atoms with Crippen LogP contribution in [0.3, 0.4) is 0 Å². The molecule has 94 valence electrons. The van der Waals surface area contributed by atoms with Gasteiger partial charge in [0.2, 0.25) is 0 Å². The number of hydrogen-bond acceptors (Lipinski definition) is 2. The summed E-state index contributed by atoms with van der Waals surface area (Å²) in [5.74, 6) is -1.42. The number of hydrogen-bond donors (Lipinski definition) is 1. The van der Waals surface area contributed by atoms with E-state index < -0.39 is 22.6 Å². The Balaban J connectivity index is 2.43. The molecule has 1 heterocycles. The molecule has 0 fully saturated rings. The maximum absolute atomic E-state index is 13.2. The van der Waals surface area contributed by atoms with E-state index in [2.05, 4.69) is 0 Å². The fourth-order valence-corrected chi connectivity index (χ4v) is 2.90. The molecule has 2 rings (SSSR count). The van der Waals surface area contributed by atoms with Crippen molar-refractivity contribution >= 4 is 11.0 Å². The van der Waals surface area contributed by atoms with Gasteiger partial charge >= 0.3 is 0 Å². The van der Waals surface area contributed by atoms with Crippen LogP contribution in [0.2, 0.25) is 0 Å². The van der Waals surface area contributed by atoms with Crippen molar-refractivity contribution in [2.24, 2.45) is 11.1 Å². The van der Waals surface area contributed by atoms with Gasteiger partial charge in [0, 0.05) is 23.3 Å². The molecule has 1 aromatic carbocycles. The molecular weight excluding hydrogens is 248 g/mol. The maximum atomic E-state index is 13.2. The van der Waals surface area contributed by atoms with Crippen LogP contribution in [0.15, 0.2) is 12.1 Å². The number of halogens is 2. The summed E-state index contributed by atoms with van der Waals surface area (Å²) < 4.78 is 42.7. The summed E-state index contributed by atoms with van der Waals surface area (Å²) in [5, 5.41) is 5.27. The predicted octanol–water partition coefficient (Wildman–Crippen LogP) is 1.70. The first-order valence-electron chi connectivity index (χ1n) is 5.23.